The van der Waals surface area contributed by atoms with E-state index in [0.717, 1.165) is 42.7 Å². The second-order valence-corrected chi connectivity index (χ2v) is 7.69. The largest absolute Gasteiger partial charge is 0.229 e. The lowest BCUT2D eigenvalue weighted by Crippen LogP contribution is -1.87. The first-order chi connectivity index (χ1) is 12.2. The van der Waals surface area contributed by atoms with Crippen LogP contribution in [-0.4, -0.2) is 9.97 Å². The lowest BCUT2D eigenvalue weighted by Gasteiger charge is -2.06. The fourth-order valence-corrected chi connectivity index (χ4v) is 4.73. The second-order valence-electron chi connectivity index (χ2n) is 5.43. The molecule has 0 atom stereocenters. The summed E-state index contributed by atoms with van der Waals surface area (Å²) in [5.74, 6) is 0.529. The lowest BCUT2D eigenvalue weighted by molar-refractivity contribution is 0.628. The quantitative estimate of drug-likeness (QED) is 0.298. The minimum Gasteiger partial charge on any atom is -0.229 e. The molecule has 4 rings (SSSR count). The van der Waals surface area contributed by atoms with Crippen LogP contribution in [0.1, 0.15) is 5.56 Å². The molecule has 0 aliphatic heterocycles. The molecule has 0 spiro atoms. The number of aromatic nitrogens is 2. The molecule has 2 nitrogen and oxygen atoms in total. The molecule has 2 aromatic carbocycles. The first-order valence-corrected chi connectivity index (χ1v) is 9.80. The maximum atomic E-state index is 13.2. The topological polar surface area (TPSA) is 25.8 Å². The Labute approximate surface area is 157 Å². The predicted molar refractivity (Wildman–Crippen MR) is 104 cm³/mol. The predicted octanol–water partition coefficient (Wildman–Crippen LogP) is 6.44. The lowest BCUT2D eigenvalue weighted by atomic mass is 10.1. The molecule has 0 aliphatic rings. The number of nitrogens with zero attached hydrogens (tertiary/aromatic N) is 2. The Balaban J connectivity index is 1.71. The molecule has 0 saturated carbocycles. The molecule has 0 bridgehead atoms. The highest BCUT2D eigenvalue weighted by atomic mass is 35.5. The van der Waals surface area contributed by atoms with Gasteiger partial charge in [0.25, 0.3) is 0 Å². The number of benzene rings is 2. The van der Waals surface area contributed by atoms with E-state index in [-0.39, 0.29) is 5.82 Å². The van der Waals surface area contributed by atoms with Gasteiger partial charge in [-0.15, -0.1) is 23.1 Å². The first kappa shape index (κ1) is 16.5. The summed E-state index contributed by atoms with van der Waals surface area (Å²) < 4.78 is 13.2. The van der Waals surface area contributed by atoms with Crippen molar-refractivity contribution in [2.75, 3.05) is 0 Å². The molecular formula is C19H12ClFN2S2. The Morgan fingerprint density at radius 1 is 1.08 bits per heavy atom. The molecular weight excluding hydrogens is 375 g/mol. The number of thioether (sulfide) groups is 1. The molecule has 0 fully saturated rings. The highest BCUT2D eigenvalue weighted by molar-refractivity contribution is 7.98. The van der Waals surface area contributed by atoms with E-state index in [2.05, 4.69) is 15.3 Å². The number of hydrogen-bond donors (Lipinski definition) is 0. The first-order valence-electron chi connectivity index (χ1n) is 7.56. The van der Waals surface area contributed by atoms with Crippen molar-refractivity contribution in [3.05, 3.63) is 76.6 Å². The highest BCUT2D eigenvalue weighted by Gasteiger charge is 2.13. The zero-order valence-corrected chi connectivity index (χ0v) is 15.3. The van der Waals surface area contributed by atoms with Crippen molar-refractivity contribution in [1.29, 1.82) is 0 Å². The summed E-state index contributed by atoms with van der Waals surface area (Å²) in [4.78, 5) is 9.78. The van der Waals surface area contributed by atoms with Gasteiger partial charge in [0.15, 0.2) is 0 Å². The van der Waals surface area contributed by atoms with E-state index < -0.39 is 0 Å². The number of fused-ring (bicyclic) bond motifs is 1. The standard InChI is InChI=1S/C19H12ClFN2S2/c20-14-3-1-2-12(8-14)9-24-18-17-16(10-25-19(17)23-11-22-18)13-4-6-15(21)7-5-13/h1-8,10-11H,9H2. The van der Waals surface area contributed by atoms with Crippen molar-refractivity contribution < 1.29 is 4.39 Å². The van der Waals surface area contributed by atoms with Crippen LogP contribution in [0.25, 0.3) is 21.3 Å². The van der Waals surface area contributed by atoms with E-state index in [1.165, 1.54) is 12.1 Å². The Morgan fingerprint density at radius 2 is 1.92 bits per heavy atom. The maximum absolute atomic E-state index is 13.2. The van der Waals surface area contributed by atoms with Gasteiger partial charge in [0.05, 0.1) is 5.39 Å². The van der Waals surface area contributed by atoms with E-state index in [4.69, 9.17) is 11.6 Å². The summed E-state index contributed by atoms with van der Waals surface area (Å²) in [6.07, 6.45) is 1.59. The fraction of sp³-hybridized carbons (Fsp3) is 0.0526. The van der Waals surface area contributed by atoms with Crippen molar-refractivity contribution in [3.63, 3.8) is 0 Å². The summed E-state index contributed by atoms with van der Waals surface area (Å²) in [6.45, 7) is 0. The average Bonchev–Trinajstić information content (AvgIpc) is 3.05. The molecule has 25 heavy (non-hydrogen) atoms. The van der Waals surface area contributed by atoms with Gasteiger partial charge in [-0.05, 0) is 35.4 Å². The van der Waals surface area contributed by atoms with Crippen LogP contribution in [-0.2, 0) is 5.75 Å². The molecule has 0 saturated heterocycles. The Kier molecular flexibility index (Phi) is 4.70. The van der Waals surface area contributed by atoms with Gasteiger partial charge in [-0.25, -0.2) is 14.4 Å². The van der Waals surface area contributed by atoms with E-state index in [0.29, 0.717) is 0 Å². The molecule has 0 radical (unpaired) electrons. The molecule has 2 heterocycles. The average molecular weight is 387 g/mol. The Hall–Kier alpha value is -1.95. The van der Waals surface area contributed by atoms with Gasteiger partial charge in [0.2, 0.25) is 0 Å². The van der Waals surface area contributed by atoms with Gasteiger partial charge >= 0.3 is 0 Å². The Morgan fingerprint density at radius 3 is 2.72 bits per heavy atom. The van der Waals surface area contributed by atoms with Crippen LogP contribution >= 0.6 is 34.7 Å². The third kappa shape index (κ3) is 3.54. The van der Waals surface area contributed by atoms with E-state index in [1.54, 1.807) is 41.6 Å². The number of halogens is 2. The van der Waals surface area contributed by atoms with Crippen LogP contribution in [0.2, 0.25) is 5.02 Å². The van der Waals surface area contributed by atoms with Gasteiger partial charge in [-0.2, -0.15) is 0 Å². The molecule has 2 aromatic heterocycles. The molecule has 4 aromatic rings. The molecule has 0 amide bonds. The van der Waals surface area contributed by atoms with E-state index in [1.807, 2.05) is 24.3 Å². The third-order valence-electron chi connectivity index (χ3n) is 3.76. The van der Waals surface area contributed by atoms with Gasteiger partial charge in [-0.1, -0.05) is 35.9 Å². The van der Waals surface area contributed by atoms with E-state index >= 15 is 0 Å². The van der Waals surface area contributed by atoms with Gasteiger partial charge < -0.3 is 0 Å². The van der Waals surface area contributed by atoms with Gasteiger partial charge in [0.1, 0.15) is 22.0 Å². The zero-order valence-electron chi connectivity index (χ0n) is 12.9. The van der Waals surface area contributed by atoms with Crippen molar-refractivity contribution in [2.24, 2.45) is 0 Å². The third-order valence-corrected chi connectivity index (χ3v) is 5.94. The number of rotatable bonds is 4. The van der Waals surface area contributed by atoms with Gasteiger partial charge in [0, 0.05) is 21.7 Å². The Bertz CT molecular complexity index is 1030. The van der Waals surface area contributed by atoms with Crippen LogP contribution in [0.4, 0.5) is 4.39 Å². The smallest absolute Gasteiger partial charge is 0.128 e. The number of thiophene rings is 1. The monoisotopic (exact) mass is 386 g/mol. The molecule has 0 N–H and O–H groups in total. The minimum atomic E-state index is -0.241. The molecule has 6 heteroatoms. The molecule has 0 unspecified atom stereocenters. The van der Waals surface area contributed by atoms with Crippen molar-refractivity contribution in [1.82, 2.24) is 9.97 Å². The van der Waals surface area contributed by atoms with Crippen LogP contribution in [0, 0.1) is 5.82 Å². The summed E-state index contributed by atoms with van der Waals surface area (Å²) >= 11 is 9.28. The molecule has 124 valence electrons. The summed E-state index contributed by atoms with van der Waals surface area (Å²) in [7, 11) is 0. The zero-order chi connectivity index (χ0) is 17.2. The van der Waals surface area contributed by atoms with E-state index in [9.17, 15) is 4.39 Å². The van der Waals surface area contributed by atoms with Crippen molar-refractivity contribution >= 4 is 44.9 Å². The van der Waals surface area contributed by atoms with Crippen LogP contribution in [0.5, 0.6) is 0 Å². The normalized spacial score (nSPS) is 11.1. The van der Waals surface area contributed by atoms with Crippen LogP contribution in [0.15, 0.2) is 65.3 Å². The van der Waals surface area contributed by atoms with Gasteiger partial charge in [-0.3, -0.25) is 0 Å². The second kappa shape index (κ2) is 7.12. The maximum Gasteiger partial charge on any atom is 0.128 e. The summed E-state index contributed by atoms with van der Waals surface area (Å²) in [5.41, 5.74) is 3.14. The van der Waals surface area contributed by atoms with Crippen LogP contribution < -0.4 is 0 Å². The highest BCUT2D eigenvalue weighted by Crippen LogP contribution is 2.38. The fourth-order valence-electron chi connectivity index (χ4n) is 2.58. The number of hydrogen-bond acceptors (Lipinski definition) is 4. The SMILES string of the molecule is Fc1ccc(-c2csc3ncnc(SCc4cccc(Cl)c4)c23)cc1. The minimum absolute atomic E-state index is 0.241. The van der Waals surface area contributed by atoms with Crippen molar-refractivity contribution in [3.8, 4) is 11.1 Å². The van der Waals surface area contributed by atoms with Crippen molar-refractivity contribution in [2.45, 2.75) is 10.8 Å². The summed E-state index contributed by atoms with van der Waals surface area (Å²) in [5, 5.41) is 4.72. The summed E-state index contributed by atoms with van der Waals surface area (Å²) in [6, 6.07) is 14.3. The van der Waals surface area contributed by atoms with Crippen LogP contribution in [0.3, 0.4) is 0 Å². The molecule has 0 aliphatic carbocycles.